The van der Waals surface area contributed by atoms with Crippen LogP contribution in [0.1, 0.15) is 12.8 Å². The fourth-order valence-electron chi connectivity index (χ4n) is 3.33. The maximum absolute atomic E-state index is 12.7. The Hall–Kier alpha value is -2.29. The number of carbonyl (C=O) groups is 1. The summed E-state index contributed by atoms with van der Waals surface area (Å²) in [5.41, 5.74) is 0. The molecule has 9 nitrogen and oxygen atoms in total. The minimum Gasteiger partial charge on any atom is -0.481 e. The zero-order valence-electron chi connectivity index (χ0n) is 15.7. The average Bonchev–Trinajstić information content (AvgIpc) is 2.72. The van der Waals surface area contributed by atoms with Gasteiger partial charge < -0.3 is 28.9 Å². The van der Waals surface area contributed by atoms with E-state index in [-0.39, 0.29) is 12.1 Å². The van der Waals surface area contributed by atoms with Crippen molar-refractivity contribution in [2.75, 3.05) is 65.6 Å². The number of amides is 2. The molecule has 2 fully saturated rings. The predicted molar refractivity (Wildman–Crippen MR) is 95.9 cm³/mol. The molecule has 0 radical (unpaired) electrons. The molecule has 1 atom stereocenters. The van der Waals surface area contributed by atoms with E-state index in [0.29, 0.717) is 50.6 Å². The Labute approximate surface area is 153 Å². The number of rotatable bonds is 4. The molecular weight excluding hydrogens is 338 g/mol. The van der Waals surface area contributed by atoms with Gasteiger partial charge >= 0.3 is 6.03 Å². The Kier molecular flexibility index (Phi) is 5.97. The molecule has 9 heteroatoms. The smallest absolute Gasteiger partial charge is 0.320 e. The fourth-order valence-corrected chi connectivity index (χ4v) is 3.33. The van der Waals surface area contributed by atoms with E-state index in [1.54, 1.807) is 20.3 Å². The van der Waals surface area contributed by atoms with E-state index in [1.165, 1.54) is 0 Å². The summed E-state index contributed by atoms with van der Waals surface area (Å²) in [5.74, 6) is 1.50. The first-order chi connectivity index (χ1) is 12.6. The molecule has 2 aliphatic heterocycles. The molecule has 1 aromatic rings. The third kappa shape index (κ3) is 4.09. The van der Waals surface area contributed by atoms with E-state index in [2.05, 4.69) is 14.9 Å². The predicted octanol–water partition coefficient (Wildman–Crippen LogP) is 0.847. The van der Waals surface area contributed by atoms with Crippen LogP contribution in [0.25, 0.3) is 0 Å². The molecule has 0 N–H and O–H groups in total. The lowest BCUT2D eigenvalue weighted by Gasteiger charge is -2.40. The maximum Gasteiger partial charge on any atom is 0.320 e. The second kappa shape index (κ2) is 8.39. The summed E-state index contributed by atoms with van der Waals surface area (Å²) in [4.78, 5) is 27.4. The van der Waals surface area contributed by atoms with Crippen molar-refractivity contribution in [3.63, 3.8) is 0 Å². The highest BCUT2D eigenvalue weighted by Gasteiger charge is 2.30. The lowest BCUT2D eigenvalue weighted by Crippen LogP contribution is -2.54. The molecule has 1 unspecified atom stereocenters. The maximum atomic E-state index is 12.7. The molecule has 2 saturated heterocycles. The number of hydrogen-bond donors (Lipinski definition) is 0. The molecule has 0 spiro atoms. The van der Waals surface area contributed by atoms with Crippen LogP contribution < -0.4 is 14.4 Å². The Morgan fingerprint density at radius 3 is 2.46 bits per heavy atom. The molecular formula is C17H27N5O4. The number of nitrogens with zero attached hydrogens (tertiary/aromatic N) is 5. The van der Waals surface area contributed by atoms with Crippen molar-refractivity contribution in [1.82, 2.24) is 19.8 Å². The van der Waals surface area contributed by atoms with Crippen LogP contribution >= 0.6 is 0 Å². The molecule has 3 rings (SSSR count). The highest BCUT2D eigenvalue weighted by Crippen LogP contribution is 2.24. The number of methoxy groups -OCH3 is 2. The summed E-state index contributed by atoms with van der Waals surface area (Å²) in [5, 5.41) is 0. The van der Waals surface area contributed by atoms with Crippen LogP contribution in [0.5, 0.6) is 11.8 Å². The largest absolute Gasteiger partial charge is 0.481 e. The number of aromatic nitrogens is 2. The quantitative estimate of drug-likeness (QED) is 0.782. The van der Waals surface area contributed by atoms with Gasteiger partial charge in [0.25, 0.3) is 0 Å². The van der Waals surface area contributed by atoms with Gasteiger partial charge in [-0.3, -0.25) is 0 Å². The third-order valence-electron chi connectivity index (χ3n) is 4.90. The van der Waals surface area contributed by atoms with Crippen LogP contribution in [0.2, 0.25) is 0 Å². The van der Waals surface area contributed by atoms with E-state index in [4.69, 9.17) is 14.2 Å². The number of carbonyl (C=O) groups excluding carboxylic acids is 1. The molecule has 0 aliphatic carbocycles. The van der Waals surface area contributed by atoms with E-state index < -0.39 is 0 Å². The van der Waals surface area contributed by atoms with Gasteiger partial charge in [-0.15, -0.1) is 0 Å². The summed E-state index contributed by atoms with van der Waals surface area (Å²) < 4.78 is 15.8. The molecule has 0 aromatic carbocycles. The van der Waals surface area contributed by atoms with Crippen molar-refractivity contribution in [3.8, 4) is 11.8 Å². The van der Waals surface area contributed by atoms with Gasteiger partial charge in [-0.2, -0.15) is 9.97 Å². The number of piperidine rings is 1. The van der Waals surface area contributed by atoms with Crippen LogP contribution in [0.15, 0.2) is 6.07 Å². The van der Waals surface area contributed by atoms with Gasteiger partial charge in [-0.25, -0.2) is 4.79 Å². The van der Waals surface area contributed by atoms with Crippen LogP contribution in [0.4, 0.5) is 10.7 Å². The number of likely N-dealkylation sites (N-methyl/N-ethyl adjacent to an activating group) is 1. The third-order valence-corrected chi connectivity index (χ3v) is 4.90. The van der Waals surface area contributed by atoms with Gasteiger partial charge in [-0.1, -0.05) is 0 Å². The van der Waals surface area contributed by atoms with E-state index in [1.807, 2.05) is 16.8 Å². The van der Waals surface area contributed by atoms with Gasteiger partial charge in [0, 0.05) is 33.2 Å². The number of morpholine rings is 1. The first-order valence-corrected chi connectivity index (χ1v) is 8.94. The second-order valence-corrected chi connectivity index (χ2v) is 6.49. The fraction of sp³-hybridized carbons (Fsp3) is 0.706. The van der Waals surface area contributed by atoms with Crippen molar-refractivity contribution < 1.29 is 19.0 Å². The summed E-state index contributed by atoms with van der Waals surface area (Å²) in [7, 11) is 5.01. The highest BCUT2D eigenvalue weighted by atomic mass is 16.5. The van der Waals surface area contributed by atoms with Crippen molar-refractivity contribution >= 4 is 12.0 Å². The first-order valence-electron chi connectivity index (χ1n) is 8.94. The molecule has 26 heavy (non-hydrogen) atoms. The second-order valence-electron chi connectivity index (χ2n) is 6.49. The molecule has 2 amide bonds. The summed E-state index contributed by atoms with van der Waals surface area (Å²) in [6, 6.07) is 1.82. The SMILES string of the molecule is COc1cc(OC)nc(N2CCCC(N(C)C(=O)N3CCOCC3)C2)n1. The van der Waals surface area contributed by atoms with Gasteiger partial charge in [0.15, 0.2) is 0 Å². The number of urea groups is 1. The zero-order valence-corrected chi connectivity index (χ0v) is 15.7. The van der Waals surface area contributed by atoms with Gasteiger partial charge in [0.2, 0.25) is 17.7 Å². The first kappa shape index (κ1) is 18.5. The minimum absolute atomic E-state index is 0.0595. The molecule has 3 heterocycles. The van der Waals surface area contributed by atoms with Crippen LogP contribution in [0, 0.1) is 0 Å². The number of hydrogen-bond acceptors (Lipinski definition) is 7. The van der Waals surface area contributed by atoms with Crippen molar-refractivity contribution in [3.05, 3.63) is 6.07 Å². The van der Waals surface area contributed by atoms with E-state index in [9.17, 15) is 4.79 Å². The molecule has 144 valence electrons. The normalized spacial score (nSPS) is 20.7. The Balaban J connectivity index is 1.69. The van der Waals surface area contributed by atoms with Crippen molar-refractivity contribution in [2.45, 2.75) is 18.9 Å². The van der Waals surface area contributed by atoms with Crippen molar-refractivity contribution in [1.29, 1.82) is 0 Å². The lowest BCUT2D eigenvalue weighted by molar-refractivity contribution is 0.0413. The Morgan fingerprint density at radius 1 is 1.19 bits per heavy atom. The molecule has 1 aromatic heterocycles. The van der Waals surface area contributed by atoms with E-state index in [0.717, 1.165) is 19.4 Å². The molecule has 0 bridgehead atoms. The molecule has 0 saturated carbocycles. The summed E-state index contributed by atoms with van der Waals surface area (Å²) in [6.07, 6.45) is 1.93. The van der Waals surface area contributed by atoms with Crippen molar-refractivity contribution in [2.24, 2.45) is 0 Å². The number of anilines is 1. The molecule has 2 aliphatic rings. The monoisotopic (exact) mass is 365 g/mol. The Morgan fingerprint density at radius 2 is 1.85 bits per heavy atom. The summed E-state index contributed by atoms with van der Waals surface area (Å²) in [6.45, 7) is 4.03. The van der Waals surface area contributed by atoms with Gasteiger partial charge in [0.1, 0.15) is 0 Å². The van der Waals surface area contributed by atoms with Crippen LogP contribution in [-0.4, -0.2) is 92.5 Å². The van der Waals surface area contributed by atoms with Crippen LogP contribution in [0.3, 0.4) is 0 Å². The van der Waals surface area contributed by atoms with Crippen LogP contribution in [-0.2, 0) is 4.74 Å². The standard InChI is InChI=1S/C17H27N5O4/c1-20(17(23)21-7-9-26-10-8-21)13-5-4-6-22(12-13)16-18-14(24-2)11-15(19-16)25-3/h11,13H,4-10,12H2,1-3H3. The van der Waals surface area contributed by atoms with Gasteiger partial charge in [-0.05, 0) is 12.8 Å². The highest BCUT2D eigenvalue weighted by molar-refractivity contribution is 5.74. The average molecular weight is 365 g/mol. The zero-order chi connectivity index (χ0) is 18.5. The Bertz CT molecular complexity index is 601. The van der Waals surface area contributed by atoms with Gasteiger partial charge in [0.05, 0.1) is 39.5 Å². The topological polar surface area (TPSA) is 80.3 Å². The van der Waals surface area contributed by atoms with E-state index >= 15 is 0 Å². The summed E-state index contributed by atoms with van der Waals surface area (Å²) >= 11 is 0. The number of ether oxygens (including phenoxy) is 3. The lowest BCUT2D eigenvalue weighted by atomic mass is 10.1. The minimum atomic E-state index is 0.0595.